The van der Waals surface area contributed by atoms with Crippen molar-refractivity contribution in [1.82, 2.24) is 9.80 Å². The second-order valence-electron chi connectivity index (χ2n) is 5.28. The molecule has 1 aromatic carbocycles. The van der Waals surface area contributed by atoms with E-state index in [-0.39, 0.29) is 18.3 Å². The average Bonchev–Trinajstić information content (AvgIpc) is 2.44. The van der Waals surface area contributed by atoms with Crippen LogP contribution in [0.5, 0.6) is 0 Å². The number of hydrogen-bond donors (Lipinski definition) is 1. The number of piperazine rings is 1. The number of benzene rings is 1. The molecule has 1 saturated heterocycles. The van der Waals surface area contributed by atoms with Crippen molar-refractivity contribution in [3.63, 3.8) is 0 Å². The minimum absolute atomic E-state index is 0.0418. The molecule has 1 N–H and O–H groups in total. The van der Waals surface area contributed by atoms with E-state index in [1.165, 1.54) is 0 Å². The summed E-state index contributed by atoms with van der Waals surface area (Å²) in [5.41, 5.74) is 1.57. The van der Waals surface area contributed by atoms with Crippen molar-refractivity contribution in [2.45, 2.75) is 13.8 Å². The Morgan fingerprint density at radius 1 is 1.20 bits per heavy atom. The minimum atomic E-state index is -0.241. The lowest BCUT2D eigenvalue weighted by Crippen LogP contribution is -2.49. The van der Waals surface area contributed by atoms with Gasteiger partial charge in [0.15, 0.2) is 0 Å². The summed E-state index contributed by atoms with van der Waals surface area (Å²) >= 11 is 0. The molecule has 1 heterocycles. The highest BCUT2D eigenvalue weighted by Gasteiger charge is 2.22. The molecule has 110 valence electrons. The number of β-amino-alcohol motifs (C(OH)–C–C–N with tert-alkyl or cyclic N) is 1. The minimum Gasteiger partial charge on any atom is -0.395 e. The molecule has 0 bridgehead atoms. The van der Waals surface area contributed by atoms with E-state index >= 15 is 0 Å². The Bertz CT molecular complexity index is 474. The molecule has 20 heavy (non-hydrogen) atoms. The number of aryl methyl sites for hydroxylation is 2. The molecule has 2 rings (SSSR count). The lowest BCUT2D eigenvalue weighted by molar-refractivity contribution is 0.0614. The Morgan fingerprint density at radius 2 is 1.75 bits per heavy atom. The summed E-state index contributed by atoms with van der Waals surface area (Å²) in [7, 11) is 0. The molecule has 1 amide bonds. The second-order valence-corrected chi connectivity index (χ2v) is 5.28. The summed E-state index contributed by atoms with van der Waals surface area (Å²) in [6, 6.07) is 3.23. The second kappa shape index (κ2) is 6.33. The topological polar surface area (TPSA) is 43.8 Å². The number of amides is 1. The van der Waals surface area contributed by atoms with Gasteiger partial charge in [-0.15, -0.1) is 0 Å². The van der Waals surface area contributed by atoms with E-state index in [4.69, 9.17) is 5.11 Å². The summed E-state index contributed by atoms with van der Waals surface area (Å²) in [4.78, 5) is 16.3. The van der Waals surface area contributed by atoms with Crippen LogP contribution in [0.3, 0.4) is 0 Å². The Morgan fingerprint density at radius 3 is 2.25 bits per heavy atom. The molecule has 0 spiro atoms. The molecule has 0 radical (unpaired) electrons. The lowest BCUT2D eigenvalue weighted by atomic mass is 10.1. The summed E-state index contributed by atoms with van der Waals surface area (Å²) in [5.74, 6) is -0.283. The third-order valence-corrected chi connectivity index (χ3v) is 3.76. The first-order chi connectivity index (χ1) is 9.52. The third kappa shape index (κ3) is 3.16. The van der Waals surface area contributed by atoms with Crippen LogP contribution in [0.4, 0.5) is 4.39 Å². The molecule has 1 aliphatic heterocycles. The molecule has 0 saturated carbocycles. The number of halogens is 1. The summed E-state index contributed by atoms with van der Waals surface area (Å²) in [6.45, 7) is 6.98. The number of carbonyl (C=O) groups is 1. The van der Waals surface area contributed by atoms with Gasteiger partial charge in [-0.05, 0) is 37.1 Å². The Hall–Kier alpha value is -1.46. The summed E-state index contributed by atoms with van der Waals surface area (Å²) in [6.07, 6.45) is 0. The van der Waals surface area contributed by atoms with Crippen molar-refractivity contribution < 1.29 is 14.3 Å². The smallest absolute Gasteiger partial charge is 0.253 e. The fraction of sp³-hybridized carbons (Fsp3) is 0.533. The van der Waals surface area contributed by atoms with E-state index in [2.05, 4.69) is 4.90 Å². The Balaban J connectivity index is 2.06. The van der Waals surface area contributed by atoms with Crippen LogP contribution in [-0.4, -0.2) is 60.1 Å². The number of nitrogens with zero attached hydrogens (tertiary/aromatic N) is 2. The van der Waals surface area contributed by atoms with Gasteiger partial charge in [-0.1, -0.05) is 0 Å². The SMILES string of the molecule is Cc1cc(C(=O)N2CCN(CCO)CC2)cc(C)c1F. The lowest BCUT2D eigenvalue weighted by Gasteiger charge is -2.34. The van der Waals surface area contributed by atoms with Gasteiger partial charge in [0, 0.05) is 38.3 Å². The van der Waals surface area contributed by atoms with Gasteiger partial charge in [-0.25, -0.2) is 4.39 Å². The van der Waals surface area contributed by atoms with E-state index in [9.17, 15) is 9.18 Å². The third-order valence-electron chi connectivity index (χ3n) is 3.76. The zero-order valence-corrected chi connectivity index (χ0v) is 12.0. The van der Waals surface area contributed by atoms with Crippen LogP contribution in [0.1, 0.15) is 21.5 Å². The molecule has 0 atom stereocenters. The molecule has 1 aromatic rings. The zero-order chi connectivity index (χ0) is 14.7. The maximum atomic E-state index is 13.6. The normalized spacial score (nSPS) is 16.5. The fourth-order valence-electron chi connectivity index (χ4n) is 2.57. The predicted octanol–water partition coefficient (Wildman–Crippen LogP) is 1.19. The van der Waals surface area contributed by atoms with Crippen LogP contribution in [0.25, 0.3) is 0 Å². The first kappa shape index (κ1) is 14.9. The maximum absolute atomic E-state index is 13.6. The summed E-state index contributed by atoms with van der Waals surface area (Å²) in [5, 5.41) is 8.90. The van der Waals surface area contributed by atoms with Gasteiger partial charge in [0.05, 0.1) is 6.61 Å². The number of hydrogen-bond acceptors (Lipinski definition) is 3. The van der Waals surface area contributed by atoms with E-state index < -0.39 is 0 Å². The van der Waals surface area contributed by atoms with E-state index in [0.29, 0.717) is 36.3 Å². The highest BCUT2D eigenvalue weighted by Crippen LogP contribution is 2.17. The van der Waals surface area contributed by atoms with Crippen LogP contribution in [0, 0.1) is 19.7 Å². The Kier molecular flexibility index (Phi) is 4.73. The largest absolute Gasteiger partial charge is 0.395 e. The highest BCUT2D eigenvalue weighted by molar-refractivity contribution is 5.94. The maximum Gasteiger partial charge on any atom is 0.253 e. The van der Waals surface area contributed by atoms with Crippen molar-refractivity contribution in [2.24, 2.45) is 0 Å². The first-order valence-corrected chi connectivity index (χ1v) is 6.92. The quantitative estimate of drug-likeness (QED) is 0.904. The number of carbonyl (C=O) groups excluding carboxylic acids is 1. The van der Waals surface area contributed by atoms with Gasteiger partial charge in [-0.2, -0.15) is 0 Å². The zero-order valence-electron chi connectivity index (χ0n) is 12.0. The van der Waals surface area contributed by atoms with Gasteiger partial charge < -0.3 is 10.0 Å². The Labute approximate surface area is 118 Å². The van der Waals surface area contributed by atoms with E-state index in [1.54, 1.807) is 30.9 Å². The van der Waals surface area contributed by atoms with Crippen molar-refractivity contribution in [1.29, 1.82) is 0 Å². The van der Waals surface area contributed by atoms with Crippen molar-refractivity contribution in [2.75, 3.05) is 39.3 Å². The highest BCUT2D eigenvalue weighted by atomic mass is 19.1. The monoisotopic (exact) mass is 280 g/mol. The van der Waals surface area contributed by atoms with Crippen LogP contribution in [0.2, 0.25) is 0 Å². The molecular weight excluding hydrogens is 259 g/mol. The molecule has 0 aromatic heterocycles. The molecule has 1 fully saturated rings. The first-order valence-electron chi connectivity index (χ1n) is 6.92. The molecular formula is C15H21FN2O2. The van der Waals surface area contributed by atoms with Crippen LogP contribution in [0.15, 0.2) is 12.1 Å². The number of rotatable bonds is 3. The summed E-state index contributed by atoms with van der Waals surface area (Å²) < 4.78 is 13.6. The predicted molar refractivity (Wildman–Crippen MR) is 75.3 cm³/mol. The van der Waals surface area contributed by atoms with Gasteiger partial charge >= 0.3 is 0 Å². The molecule has 4 nitrogen and oxygen atoms in total. The molecule has 1 aliphatic rings. The fourth-order valence-corrected chi connectivity index (χ4v) is 2.57. The van der Waals surface area contributed by atoms with Crippen molar-refractivity contribution in [3.8, 4) is 0 Å². The standard InChI is InChI=1S/C15H21FN2O2/c1-11-9-13(10-12(2)14(11)16)15(20)18-5-3-17(4-6-18)7-8-19/h9-10,19H,3-8H2,1-2H3. The molecule has 5 heteroatoms. The number of aliphatic hydroxyl groups is 1. The van der Waals surface area contributed by atoms with Crippen molar-refractivity contribution in [3.05, 3.63) is 34.6 Å². The average molecular weight is 280 g/mol. The van der Waals surface area contributed by atoms with E-state index in [0.717, 1.165) is 13.1 Å². The van der Waals surface area contributed by atoms with Crippen LogP contribution < -0.4 is 0 Å². The van der Waals surface area contributed by atoms with Crippen LogP contribution >= 0.6 is 0 Å². The van der Waals surface area contributed by atoms with E-state index in [1.807, 2.05) is 0 Å². The molecule has 0 aliphatic carbocycles. The van der Waals surface area contributed by atoms with Crippen molar-refractivity contribution >= 4 is 5.91 Å². The van der Waals surface area contributed by atoms with Gasteiger partial charge in [-0.3, -0.25) is 9.69 Å². The van der Waals surface area contributed by atoms with Gasteiger partial charge in [0.2, 0.25) is 0 Å². The van der Waals surface area contributed by atoms with Gasteiger partial charge in [0.1, 0.15) is 5.82 Å². The van der Waals surface area contributed by atoms with Crippen LogP contribution in [-0.2, 0) is 0 Å². The molecule has 0 unspecified atom stereocenters. The van der Waals surface area contributed by atoms with Gasteiger partial charge in [0.25, 0.3) is 5.91 Å². The number of aliphatic hydroxyl groups excluding tert-OH is 1.